The number of carbonyl (C=O) groups excluding carboxylic acids is 1. The van der Waals surface area contributed by atoms with E-state index < -0.39 is 18.4 Å². The zero-order chi connectivity index (χ0) is 12.4. The maximum atomic E-state index is 11.6. The summed E-state index contributed by atoms with van der Waals surface area (Å²) in [7, 11) is 0. The number of H-pyrrole nitrogens is 1. The zero-order valence-electron chi connectivity index (χ0n) is 8.53. The van der Waals surface area contributed by atoms with Crippen molar-refractivity contribution < 1.29 is 14.7 Å². The summed E-state index contributed by atoms with van der Waals surface area (Å²) in [5, 5.41) is 11.5. The smallest absolute Gasteiger partial charge is 0.322 e. The number of hydrogen-bond donors (Lipinski definition) is 3. The summed E-state index contributed by atoms with van der Waals surface area (Å²) in [6, 6.07) is 3.37. The second kappa shape index (κ2) is 4.54. The predicted octanol–water partition coefficient (Wildman–Crippen LogP) is 1.14. The Hall–Kier alpha value is -1.89. The topological polar surface area (TPSA) is 95.1 Å². The monoisotopic (exact) mass is 297 g/mol. The second-order valence-corrected chi connectivity index (χ2v) is 4.17. The van der Waals surface area contributed by atoms with Crippen LogP contribution >= 0.6 is 15.9 Å². The van der Waals surface area contributed by atoms with Gasteiger partial charge in [-0.15, -0.1) is 0 Å². The number of aromatic amines is 1. The standard InChI is InChI=1S/C10H8BrN3O3/c11-6-1-2-12-9-5(6)3-7(14-9)10(17)13-4-8(15)16/h1-3H,4H2,(H,12,14)(H,13,17)(H,15,16). The fraction of sp³-hybridized carbons (Fsp3) is 0.100. The van der Waals surface area contributed by atoms with E-state index in [-0.39, 0.29) is 5.69 Å². The maximum absolute atomic E-state index is 11.6. The molecule has 0 bridgehead atoms. The van der Waals surface area contributed by atoms with Crippen molar-refractivity contribution in [3.05, 3.63) is 28.5 Å². The van der Waals surface area contributed by atoms with Gasteiger partial charge in [0, 0.05) is 16.1 Å². The van der Waals surface area contributed by atoms with Gasteiger partial charge < -0.3 is 15.4 Å². The highest BCUT2D eigenvalue weighted by Gasteiger charge is 2.12. The number of carboxylic acid groups (broad SMARTS) is 1. The Labute approximate surface area is 104 Å². The molecule has 0 fully saturated rings. The summed E-state index contributed by atoms with van der Waals surface area (Å²) in [5.41, 5.74) is 0.848. The molecule has 88 valence electrons. The average molecular weight is 298 g/mol. The third kappa shape index (κ3) is 2.44. The number of fused-ring (bicyclic) bond motifs is 1. The number of rotatable bonds is 3. The predicted molar refractivity (Wildman–Crippen MR) is 63.8 cm³/mol. The molecule has 1 amide bonds. The van der Waals surface area contributed by atoms with Gasteiger partial charge in [0.2, 0.25) is 0 Å². The van der Waals surface area contributed by atoms with E-state index in [0.717, 1.165) is 9.86 Å². The number of amides is 1. The van der Waals surface area contributed by atoms with Crippen LogP contribution in [0.1, 0.15) is 10.5 Å². The van der Waals surface area contributed by atoms with E-state index >= 15 is 0 Å². The van der Waals surface area contributed by atoms with E-state index in [4.69, 9.17) is 5.11 Å². The third-order valence-electron chi connectivity index (χ3n) is 2.12. The van der Waals surface area contributed by atoms with Crippen molar-refractivity contribution in [3.63, 3.8) is 0 Å². The van der Waals surface area contributed by atoms with E-state index in [1.807, 2.05) is 0 Å². The summed E-state index contributed by atoms with van der Waals surface area (Å²) in [6.45, 7) is -0.414. The number of carboxylic acids is 1. The minimum atomic E-state index is -1.09. The van der Waals surface area contributed by atoms with Crippen molar-refractivity contribution >= 4 is 38.8 Å². The van der Waals surface area contributed by atoms with Gasteiger partial charge in [-0.25, -0.2) is 4.98 Å². The van der Waals surface area contributed by atoms with Crippen LogP contribution in [-0.4, -0.2) is 33.5 Å². The molecular weight excluding hydrogens is 290 g/mol. The number of pyridine rings is 1. The first kappa shape index (κ1) is 11.6. The molecule has 0 atom stereocenters. The van der Waals surface area contributed by atoms with Crippen LogP contribution in [0.4, 0.5) is 0 Å². The molecular formula is C10H8BrN3O3. The summed E-state index contributed by atoms with van der Waals surface area (Å²) in [5.74, 6) is -1.56. The minimum Gasteiger partial charge on any atom is -0.480 e. The van der Waals surface area contributed by atoms with Crippen LogP contribution in [0.15, 0.2) is 22.8 Å². The van der Waals surface area contributed by atoms with Crippen molar-refractivity contribution in [3.8, 4) is 0 Å². The Morgan fingerprint density at radius 3 is 2.94 bits per heavy atom. The molecule has 6 nitrogen and oxygen atoms in total. The molecule has 0 saturated carbocycles. The molecule has 7 heteroatoms. The van der Waals surface area contributed by atoms with Crippen LogP contribution in [0, 0.1) is 0 Å². The molecule has 2 heterocycles. The number of carbonyl (C=O) groups is 2. The van der Waals surface area contributed by atoms with Crippen molar-refractivity contribution in [2.75, 3.05) is 6.54 Å². The van der Waals surface area contributed by atoms with Crippen molar-refractivity contribution in [2.45, 2.75) is 0 Å². The van der Waals surface area contributed by atoms with Gasteiger partial charge in [-0.3, -0.25) is 9.59 Å². The molecule has 2 aromatic heterocycles. The lowest BCUT2D eigenvalue weighted by Gasteiger charge is -1.98. The third-order valence-corrected chi connectivity index (χ3v) is 2.81. The van der Waals surface area contributed by atoms with Gasteiger partial charge in [0.05, 0.1) is 0 Å². The number of aromatic nitrogens is 2. The first-order valence-corrected chi connectivity index (χ1v) is 5.50. The minimum absolute atomic E-state index is 0.278. The molecule has 17 heavy (non-hydrogen) atoms. The van der Waals surface area contributed by atoms with Gasteiger partial charge in [-0.2, -0.15) is 0 Å². The molecule has 0 aliphatic heterocycles. The van der Waals surface area contributed by atoms with Crippen LogP contribution in [0.3, 0.4) is 0 Å². The van der Waals surface area contributed by atoms with E-state index in [0.29, 0.717) is 5.65 Å². The number of halogens is 1. The number of aliphatic carboxylic acids is 1. The Morgan fingerprint density at radius 1 is 1.53 bits per heavy atom. The van der Waals surface area contributed by atoms with E-state index in [1.165, 1.54) is 0 Å². The molecule has 2 aromatic rings. The molecule has 0 unspecified atom stereocenters. The summed E-state index contributed by atoms with van der Waals surface area (Å²) in [6.07, 6.45) is 1.60. The van der Waals surface area contributed by atoms with Crippen molar-refractivity contribution in [2.24, 2.45) is 0 Å². The quantitative estimate of drug-likeness (QED) is 0.792. The van der Waals surface area contributed by atoms with E-state index in [2.05, 4.69) is 31.2 Å². The van der Waals surface area contributed by atoms with Crippen molar-refractivity contribution in [1.82, 2.24) is 15.3 Å². The van der Waals surface area contributed by atoms with E-state index in [1.54, 1.807) is 18.3 Å². The molecule has 2 rings (SSSR count). The summed E-state index contributed by atoms with van der Waals surface area (Å²) < 4.78 is 0.816. The number of nitrogens with one attached hydrogen (secondary N) is 2. The SMILES string of the molecule is O=C(O)CNC(=O)c1cc2c(Br)ccnc2[nH]1. The zero-order valence-corrected chi connectivity index (χ0v) is 10.1. The molecule has 0 saturated heterocycles. The van der Waals surface area contributed by atoms with Gasteiger partial charge in [-0.1, -0.05) is 0 Å². The van der Waals surface area contributed by atoms with Gasteiger partial charge in [0.1, 0.15) is 17.9 Å². The Bertz CT molecular complexity index is 593. The van der Waals surface area contributed by atoms with Crippen molar-refractivity contribution in [1.29, 1.82) is 0 Å². The highest BCUT2D eigenvalue weighted by molar-refractivity contribution is 9.10. The molecule has 3 N–H and O–H groups in total. The molecule has 0 radical (unpaired) electrons. The van der Waals surface area contributed by atoms with Gasteiger partial charge in [0.15, 0.2) is 0 Å². The highest BCUT2D eigenvalue weighted by atomic mass is 79.9. The highest BCUT2D eigenvalue weighted by Crippen LogP contribution is 2.22. The summed E-state index contributed by atoms with van der Waals surface area (Å²) in [4.78, 5) is 28.8. The normalized spacial score (nSPS) is 10.4. The Morgan fingerprint density at radius 2 is 2.29 bits per heavy atom. The molecule has 0 aliphatic rings. The fourth-order valence-electron chi connectivity index (χ4n) is 1.37. The Balaban J connectivity index is 2.27. The molecule has 0 spiro atoms. The summed E-state index contributed by atoms with van der Waals surface area (Å²) >= 11 is 3.34. The first-order chi connectivity index (χ1) is 8.08. The van der Waals surface area contributed by atoms with Crippen LogP contribution < -0.4 is 5.32 Å². The molecule has 0 aromatic carbocycles. The lowest BCUT2D eigenvalue weighted by Crippen LogP contribution is -2.29. The van der Waals surface area contributed by atoms with Crippen LogP contribution in [0.2, 0.25) is 0 Å². The van der Waals surface area contributed by atoms with Gasteiger partial charge >= 0.3 is 5.97 Å². The first-order valence-electron chi connectivity index (χ1n) is 4.71. The van der Waals surface area contributed by atoms with Crippen LogP contribution in [0.5, 0.6) is 0 Å². The van der Waals surface area contributed by atoms with E-state index in [9.17, 15) is 9.59 Å². The van der Waals surface area contributed by atoms with Gasteiger partial charge in [-0.05, 0) is 28.1 Å². The Kier molecular flexibility index (Phi) is 3.10. The largest absolute Gasteiger partial charge is 0.480 e. The number of hydrogen-bond acceptors (Lipinski definition) is 3. The second-order valence-electron chi connectivity index (χ2n) is 3.31. The fourth-order valence-corrected chi connectivity index (χ4v) is 1.79. The lowest BCUT2D eigenvalue weighted by molar-refractivity contribution is -0.135. The lowest BCUT2D eigenvalue weighted by atomic mass is 10.3. The molecule has 0 aliphatic carbocycles. The average Bonchev–Trinajstić information content (AvgIpc) is 2.71. The van der Waals surface area contributed by atoms with Crippen LogP contribution in [0.25, 0.3) is 11.0 Å². The maximum Gasteiger partial charge on any atom is 0.322 e. The van der Waals surface area contributed by atoms with Crippen LogP contribution in [-0.2, 0) is 4.79 Å². The van der Waals surface area contributed by atoms with Gasteiger partial charge in [0.25, 0.3) is 5.91 Å². The number of nitrogens with zero attached hydrogens (tertiary/aromatic N) is 1.